The van der Waals surface area contributed by atoms with Gasteiger partial charge in [-0.1, -0.05) is 0 Å². The minimum atomic E-state index is -3.96. The summed E-state index contributed by atoms with van der Waals surface area (Å²) in [5.74, 6) is -1.92. The summed E-state index contributed by atoms with van der Waals surface area (Å²) in [5, 5.41) is 5.22. The van der Waals surface area contributed by atoms with Crippen molar-refractivity contribution < 1.29 is 24.9 Å². The van der Waals surface area contributed by atoms with Crippen molar-refractivity contribution >= 4 is 62.4 Å². The van der Waals surface area contributed by atoms with Gasteiger partial charge in [0, 0.05) is 0 Å². The number of nitrogens with zero attached hydrogens (tertiary/aromatic N) is 2. The number of methoxy groups -OCH3 is 1. The zero-order valence-electron chi connectivity index (χ0n) is 20.9. The molecule has 0 amide bonds. The molecule has 8 nitrogen and oxygen atoms in total. The zero-order chi connectivity index (χ0) is 26.6. The second kappa shape index (κ2) is 11.3. The van der Waals surface area contributed by atoms with Crippen molar-refractivity contribution in [3.05, 3.63) is 94.4 Å². The predicted octanol–water partition coefficient (Wildman–Crippen LogP) is 5.40. The van der Waals surface area contributed by atoms with Crippen LogP contribution in [0.15, 0.2) is 77.5 Å². The van der Waals surface area contributed by atoms with Gasteiger partial charge in [0.05, 0.1) is 0 Å². The number of aromatic nitrogens is 2. The van der Waals surface area contributed by atoms with E-state index in [9.17, 15) is 9.59 Å². The second-order valence-electron chi connectivity index (χ2n) is 8.54. The molecule has 190 valence electrons. The number of benzene rings is 2. The first-order valence-electron chi connectivity index (χ1n) is 11.8. The first-order valence-corrected chi connectivity index (χ1v) is 15.7. The molecule has 1 atom stereocenters. The summed E-state index contributed by atoms with van der Waals surface area (Å²) in [6, 6.07) is 20.4. The van der Waals surface area contributed by atoms with Gasteiger partial charge in [-0.3, -0.25) is 0 Å². The number of carbonyl (C=O) groups is 2. The van der Waals surface area contributed by atoms with Crippen molar-refractivity contribution in [1.82, 2.24) is 9.97 Å². The monoisotopic (exact) mass is 584 g/mol. The van der Waals surface area contributed by atoms with Gasteiger partial charge in [-0.25, -0.2) is 0 Å². The Morgan fingerprint density at radius 1 is 0.789 bits per heavy atom. The normalized spacial score (nSPS) is 11.7. The standard InChI is InChI=1S/2C10H9NO.C8H8O4S.Ga/c2*1-7-5-6-8-3-2-4-9(12)10(8)11-7;1-12-8(11)6(7(9)10)5-2-3-13-4-5;/h2*2-6,12H,1H3;2-4,6H,1H3,(H,9,10);/q;;;+3/p-3. The molecule has 0 fully saturated rings. The van der Waals surface area contributed by atoms with E-state index in [0.29, 0.717) is 28.1 Å². The topological polar surface area (TPSA) is 96.8 Å². The van der Waals surface area contributed by atoms with E-state index in [1.807, 2.05) is 62.4 Å². The fourth-order valence-electron chi connectivity index (χ4n) is 3.99. The van der Waals surface area contributed by atoms with Crippen LogP contribution < -0.4 is 7.06 Å². The van der Waals surface area contributed by atoms with E-state index >= 15 is 0 Å². The number of esters is 1. The summed E-state index contributed by atoms with van der Waals surface area (Å²) in [4.78, 5) is 35.2. The molecule has 3 aromatic heterocycles. The van der Waals surface area contributed by atoms with Gasteiger partial charge < -0.3 is 0 Å². The molecule has 0 bridgehead atoms. The molecule has 1 unspecified atom stereocenters. The van der Waals surface area contributed by atoms with E-state index in [1.165, 1.54) is 18.4 Å². The maximum atomic E-state index is 13.4. The Balaban J connectivity index is 1.53. The summed E-state index contributed by atoms with van der Waals surface area (Å²) in [6.45, 7) is 3.77. The molecule has 38 heavy (non-hydrogen) atoms. The van der Waals surface area contributed by atoms with E-state index in [0.717, 1.165) is 22.2 Å². The SMILES string of the molecule is COC(=O)C(C(=O)[O][Ga]([O]c1cccc2ccc(C)nc12)[O]c1cccc2ccc(C)nc12)c1ccsc1. The van der Waals surface area contributed by atoms with E-state index in [1.54, 1.807) is 29.0 Å². The molecule has 0 radical (unpaired) electrons. The van der Waals surface area contributed by atoms with E-state index in [2.05, 4.69) is 9.97 Å². The molecule has 0 aliphatic rings. The Morgan fingerprint density at radius 2 is 1.37 bits per heavy atom. The van der Waals surface area contributed by atoms with Gasteiger partial charge in [0.2, 0.25) is 0 Å². The van der Waals surface area contributed by atoms with Crippen molar-refractivity contribution in [2.75, 3.05) is 7.11 Å². The summed E-state index contributed by atoms with van der Waals surface area (Å²) < 4.78 is 23.4. The molecule has 0 saturated heterocycles. The minimum absolute atomic E-state index is 0.429. The van der Waals surface area contributed by atoms with E-state index in [-0.39, 0.29) is 0 Å². The van der Waals surface area contributed by atoms with Gasteiger partial charge in [-0.05, 0) is 0 Å². The number of aryl methyl sites for hydroxylation is 2. The molecule has 0 saturated carbocycles. The van der Waals surface area contributed by atoms with Crippen LogP contribution in [0.25, 0.3) is 21.8 Å². The first kappa shape index (κ1) is 25.8. The number of thiophene rings is 1. The van der Waals surface area contributed by atoms with Crippen LogP contribution in [-0.2, 0) is 17.9 Å². The fraction of sp³-hybridized carbons (Fsp3) is 0.143. The zero-order valence-corrected chi connectivity index (χ0v) is 24.2. The van der Waals surface area contributed by atoms with Crippen LogP contribution in [-0.4, -0.2) is 46.3 Å². The molecule has 0 spiro atoms. The quantitative estimate of drug-likeness (QED) is 0.136. The van der Waals surface area contributed by atoms with E-state index in [4.69, 9.17) is 15.3 Å². The third-order valence-corrected chi connectivity index (χ3v) is 9.32. The Bertz CT molecular complexity index is 1540. The Hall–Kier alpha value is -3.86. The number of fused-ring (bicyclic) bond motifs is 2. The van der Waals surface area contributed by atoms with Crippen molar-refractivity contribution in [2.45, 2.75) is 19.8 Å². The Labute approximate surface area is 229 Å². The third-order valence-electron chi connectivity index (χ3n) is 5.85. The van der Waals surface area contributed by atoms with Crippen LogP contribution in [0.3, 0.4) is 0 Å². The van der Waals surface area contributed by atoms with Crippen LogP contribution in [0.5, 0.6) is 11.5 Å². The number of para-hydroxylation sites is 2. The molecule has 2 aromatic carbocycles. The predicted molar refractivity (Wildman–Crippen MR) is 145 cm³/mol. The number of carbonyl (C=O) groups excluding carboxylic acids is 2. The van der Waals surface area contributed by atoms with Crippen LogP contribution >= 0.6 is 11.3 Å². The molecule has 0 N–H and O–H groups in total. The maximum absolute atomic E-state index is 13.4. The summed E-state index contributed by atoms with van der Waals surface area (Å²) in [6.07, 6.45) is 0. The van der Waals surface area contributed by atoms with Gasteiger partial charge in [0.25, 0.3) is 0 Å². The van der Waals surface area contributed by atoms with Gasteiger partial charge in [-0.15, -0.1) is 0 Å². The van der Waals surface area contributed by atoms with Gasteiger partial charge >= 0.3 is 230 Å². The summed E-state index contributed by atoms with van der Waals surface area (Å²) in [5.41, 5.74) is 3.35. The molecule has 10 heteroatoms. The first-order chi connectivity index (χ1) is 18.4. The number of rotatable bonds is 8. The second-order valence-corrected chi connectivity index (χ2v) is 12.0. The molecule has 0 aliphatic heterocycles. The number of ether oxygens (including phenoxy) is 1. The molecule has 3 heterocycles. The van der Waals surface area contributed by atoms with Crippen LogP contribution in [0.4, 0.5) is 0 Å². The number of hydrogen-bond acceptors (Lipinski definition) is 9. The van der Waals surface area contributed by atoms with Crippen LogP contribution in [0.1, 0.15) is 22.9 Å². The molecular formula is C28H23GaN2O6S. The molecule has 5 aromatic rings. The number of pyridine rings is 2. The van der Waals surface area contributed by atoms with Gasteiger partial charge in [0.15, 0.2) is 0 Å². The van der Waals surface area contributed by atoms with Crippen molar-refractivity contribution in [1.29, 1.82) is 0 Å². The Kier molecular flexibility index (Phi) is 7.63. The fourth-order valence-corrected chi connectivity index (χ4v) is 7.33. The van der Waals surface area contributed by atoms with Crippen LogP contribution in [0.2, 0.25) is 0 Å². The number of hydrogen-bond donors (Lipinski definition) is 0. The molecule has 5 rings (SSSR count). The van der Waals surface area contributed by atoms with Gasteiger partial charge in [0.1, 0.15) is 0 Å². The van der Waals surface area contributed by atoms with Crippen molar-refractivity contribution in [3.63, 3.8) is 0 Å². The van der Waals surface area contributed by atoms with Crippen LogP contribution in [0, 0.1) is 13.8 Å². The average molecular weight is 585 g/mol. The molecule has 0 aliphatic carbocycles. The molecular weight excluding hydrogens is 562 g/mol. The van der Waals surface area contributed by atoms with E-state index < -0.39 is 35.2 Å². The summed E-state index contributed by atoms with van der Waals surface area (Å²) >= 11 is -2.60. The summed E-state index contributed by atoms with van der Waals surface area (Å²) in [7, 11) is 1.23. The van der Waals surface area contributed by atoms with Crippen molar-refractivity contribution in [2.24, 2.45) is 0 Å². The van der Waals surface area contributed by atoms with Gasteiger partial charge in [-0.2, -0.15) is 0 Å². The van der Waals surface area contributed by atoms with Crippen molar-refractivity contribution in [3.8, 4) is 11.5 Å². The third kappa shape index (κ3) is 5.52. The average Bonchev–Trinajstić information content (AvgIpc) is 3.43. The Morgan fingerprint density at radius 3 is 1.87 bits per heavy atom.